The molecule has 0 saturated heterocycles. The second-order valence-electron chi connectivity index (χ2n) is 5.23. The molecule has 0 aliphatic carbocycles. The number of fused-ring (bicyclic) bond motifs is 1. The molecule has 0 unspecified atom stereocenters. The lowest BCUT2D eigenvalue weighted by Gasteiger charge is -2.12. The van der Waals surface area contributed by atoms with E-state index in [9.17, 15) is 5.11 Å². The second-order valence-corrected chi connectivity index (χ2v) is 5.23. The summed E-state index contributed by atoms with van der Waals surface area (Å²) in [6.07, 6.45) is -0.407. The van der Waals surface area contributed by atoms with Gasteiger partial charge in [-0.25, -0.2) is 4.98 Å². The Labute approximate surface area is 124 Å². The average Bonchev–Trinajstić information content (AvgIpc) is 2.84. The first-order valence-corrected chi connectivity index (χ1v) is 7.15. The number of aliphatic hydroxyl groups is 1. The Hall–Kier alpha value is -2.33. The van der Waals surface area contributed by atoms with E-state index in [-0.39, 0.29) is 0 Å². The van der Waals surface area contributed by atoms with Crippen LogP contribution in [0.25, 0.3) is 11.0 Å². The number of imidazole rings is 1. The SMILES string of the molecule is C[C@H](O)CNc1nc2ccccc2n1Cc1ccccc1. The third-order valence-electron chi connectivity index (χ3n) is 3.39. The summed E-state index contributed by atoms with van der Waals surface area (Å²) in [5.74, 6) is 0.793. The maximum Gasteiger partial charge on any atom is 0.204 e. The summed E-state index contributed by atoms with van der Waals surface area (Å²) in [5.41, 5.74) is 3.27. The van der Waals surface area contributed by atoms with Gasteiger partial charge in [0.25, 0.3) is 0 Å². The highest BCUT2D eigenvalue weighted by Crippen LogP contribution is 2.21. The Morgan fingerprint density at radius 1 is 1.10 bits per heavy atom. The fourth-order valence-electron chi connectivity index (χ4n) is 2.38. The molecule has 0 bridgehead atoms. The normalized spacial score (nSPS) is 12.5. The van der Waals surface area contributed by atoms with Crippen molar-refractivity contribution in [2.24, 2.45) is 0 Å². The molecule has 4 heteroatoms. The Morgan fingerprint density at radius 2 is 1.81 bits per heavy atom. The fraction of sp³-hybridized carbons (Fsp3) is 0.235. The van der Waals surface area contributed by atoms with Gasteiger partial charge in [-0.2, -0.15) is 0 Å². The van der Waals surface area contributed by atoms with Crippen molar-refractivity contribution in [2.45, 2.75) is 19.6 Å². The highest BCUT2D eigenvalue weighted by atomic mass is 16.3. The maximum absolute atomic E-state index is 9.47. The van der Waals surface area contributed by atoms with Gasteiger partial charge >= 0.3 is 0 Å². The summed E-state index contributed by atoms with van der Waals surface area (Å²) < 4.78 is 2.15. The molecule has 2 N–H and O–H groups in total. The molecule has 0 amide bonds. The van der Waals surface area contributed by atoms with Crippen LogP contribution in [0.3, 0.4) is 0 Å². The van der Waals surface area contributed by atoms with Crippen LogP contribution in [0, 0.1) is 0 Å². The number of hydrogen-bond donors (Lipinski definition) is 2. The molecule has 2 aromatic carbocycles. The number of rotatable bonds is 5. The van der Waals surface area contributed by atoms with Crippen LogP contribution in [0.2, 0.25) is 0 Å². The largest absolute Gasteiger partial charge is 0.392 e. The van der Waals surface area contributed by atoms with Crippen LogP contribution in [0.4, 0.5) is 5.95 Å². The van der Waals surface area contributed by atoms with E-state index in [2.05, 4.69) is 33.1 Å². The molecule has 21 heavy (non-hydrogen) atoms. The molecule has 1 atom stereocenters. The summed E-state index contributed by atoms with van der Waals surface area (Å²) in [5, 5.41) is 12.7. The monoisotopic (exact) mass is 281 g/mol. The fourth-order valence-corrected chi connectivity index (χ4v) is 2.38. The van der Waals surface area contributed by atoms with E-state index in [0.717, 1.165) is 23.5 Å². The number of nitrogens with zero attached hydrogens (tertiary/aromatic N) is 2. The van der Waals surface area contributed by atoms with Crippen LogP contribution < -0.4 is 5.32 Å². The van der Waals surface area contributed by atoms with E-state index in [1.165, 1.54) is 5.56 Å². The third-order valence-corrected chi connectivity index (χ3v) is 3.39. The first kappa shape index (κ1) is 13.6. The number of aliphatic hydroxyl groups excluding tert-OH is 1. The summed E-state index contributed by atoms with van der Waals surface area (Å²) in [6, 6.07) is 18.4. The second kappa shape index (κ2) is 5.97. The predicted octanol–water partition coefficient (Wildman–Crippen LogP) is 2.88. The molecule has 1 aromatic heterocycles. The van der Waals surface area contributed by atoms with Crippen LogP contribution >= 0.6 is 0 Å². The van der Waals surface area contributed by atoms with Gasteiger partial charge in [-0.15, -0.1) is 0 Å². The summed E-state index contributed by atoms with van der Waals surface area (Å²) in [4.78, 5) is 4.62. The molecule has 0 aliphatic rings. The van der Waals surface area contributed by atoms with Crippen molar-refractivity contribution in [1.82, 2.24) is 9.55 Å². The van der Waals surface area contributed by atoms with Crippen molar-refractivity contribution in [3.63, 3.8) is 0 Å². The molecule has 0 spiro atoms. The van der Waals surface area contributed by atoms with Crippen molar-refractivity contribution >= 4 is 17.0 Å². The van der Waals surface area contributed by atoms with E-state index in [1.807, 2.05) is 36.4 Å². The number of benzene rings is 2. The number of nitrogens with one attached hydrogen (secondary N) is 1. The molecule has 3 aromatic rings. The van der Waals surface area contributed by atoms with Gasteiger partial charge in [-0.05, 0) is 24.6 Å². The Balaban J connectivity index is 1.99. The highest BCUT2D eigenvalue weighted by molar-refractivity contribution is 5.78. The first-order chi connectivity index (χ1) is 10.2. The Bertz CT molecular complexity index is 719. The lowest BCUT2D eigenvalue weighted by molar-refractivity contribution is 0.208. The lowest BCUT2D eigenvalue weighted by atomic mass is 10.2. The molecule has 0 radical (unpaired) electrons. The first-order valence-electron chi connectivity index (χ1n) is 7.15. The molecule has 0 aliphatic heterocycles. The molecule has 1 heterocycles. The van der Waals surface area contributed by atoms with Gasteiger partial charge in [-0.3, -0.25) is 0 Å². The molecule has 3 rings (SSSR count). The topological polar surface area (TPSA) is 50.1 Å². The molecule has 0 fully saturated rings. The van der Waals surface area contributed by atoms with Crippen molar-refractivity contribution in [2.75, 3.05) is 11.9 Å². The van der Waals surface area contributed by atoms with Crippen molar-refractivity contribution in [1.29, 1.82) is 0 Å². The van der Waals surface area contributed by atoms with E-state index in [4.69, 9.17) is 0 Å². The minimum absolute atomic E-state index is 0.407. The Kier molecular flexibility index (Phi) is 3.88. The molecular formula is C17H19N3O. The quantitative estimate of drug-likeness (QED) is 0.756. The van der Waals surface area contributed by atoms with Crippen molar-refractivity contribution in [3.8, 4) is 0 Å². The summed E-state index contributed by atoms with van der Waals surface area (Å²) in [6.45, 7) is 3.00. The van der Waals surface area contributed by atoms with E-state index in [0.29, 0.717) is 6.54 Å². The number of para-hydroxylation sites is 2. The zero-order valence-electron chi connectivity index (χ0n) is 12.0. The van der Waals surface area contributed by atoms with Gasteiger partial charge in [0.05, 0.1) is 23.7 Å². The number of anilines is 1. The van der Waals surface area contributed by atoms with Gasteiger partial charge in [0, 0.05) is 6.54 Å². The van der Waals surface area contributed by atoms with Gasteiger partial charge in [0.2, 0.25) is 5.95 Å². The minimum atomic E-state index is -0.407. The van der Waals surface area contributed by atoms with Crippen LogP contribution in [-0.2, 0) is 6.54 Å². The van der Waals surface area contributed by atoms with Crippen molar-refractivity contribution < 1.29 is 5.11 Å². The standard InChI is InChI=1S/C17H19N3O/c1-13(21)11-18-17-19-15-9-5-6-10-16(15)20(17)12-14-7-3-2-4-8-14/h2-10,13,21H,11-12H2,1H3,(H,18,19)/t13-/m0/s1. The predicted molar refractivity (Wildman–Crippen MR) is 85.4 cm³/mol. The smallest absolute Gasteiger partial charge is 0.204 e. The van der Waals surface area contributed by atoms with Crippen LogP contribution in [0.15, 0.2) is 54.6 Å². The van der Waals surface area contributed by atoms with Gasteiger partial charge in [0.1, 0.15) is 0 Å². The summed E-state index contributed by atoms with van der Waals surface area (Å²) in [7, 11) is 0. The highest BCUT2D eigenvalue weighted by Gasteiger charge is 2.11. The van der Waals surface area contributed by atoms with E-state index >= 15 is 0 Å². The summed E-state index contributed by atoms with van der Waals surface area (Å²) >= 11 is 0. The van der Waals surface area contributed by atoms with E-state index in [1.54, 1.807) is 6.92 Å². The molecule has 0 saturated carbocycles. The van der Waals surface area contributed by atoms with E-state index < -0.39 is 6.10 Å². The van der Waals surface area contributed by atoms with Gasteiger partial charge < -0.3 is 15.0 Å². The maximum atomic E-state index is 9.47. The van der Waals surface area contributed by atoms with Gasteiger partial charge in [-0.1, -0.05) is 42.5 Å². The van der Waals surface area contributed by atoms with Crippen molar-refractivity contribution in [3.05, 3.63) is 60.2 Å². The zero-order valence-corrected chi connectivity index (χ0v) is 12.0. The molecular weight excluding hydrogens is 262 g/mol. The van der Waals surface area contributed by atoms with Crippen LogP contribution in [-0.4, -0.2) is 27.3 Å². The minimum Gasteiger partial charge on any atom is -0.392 e. The van der Waals surface area contributed by atoms with Gasteiger partial charge in [0.15, 0.2) is 0 Å². The van der Waals surface area contributed by atoms with Crippen LogP contribution in [0.5, 0.6) is 0 Å². The average molecular weight is 281 g/mol. The lowest BCUT2D eigenvalue weighted by Crippen LogP contribution is -2.18. The van der Waals surface area contributed by atoms with Crippen LogP contribution in [0.1, 0.15) is 12.5 Å². The zero-order chi connectivity index (χ0) is 14.7. The Morgan fingerprint density at radius 3 is 2.57 bits per heavy atom. The number of aromatic nitrogens is 2. The molecule has 4 nitrogen and oxygen atoms in total. The number of hydrogen-bond acceptors (Lipinski definition) is 3. The molecule has 108 valence electrons. The third kappa shape index (κ3) is 3.06.